The second kappa shape index (κ2) is 24.8. The molecule has 0 heterocycles. The van der Waals surface area contributed by atoms with Gasteiger partial charge < -0.3 is 29.2 Å². The second-order valence-corrected chi connectivity index (χ2v) is 7.21. The lowest BCUT2D eigenvalue weighted by atomic mass is 10.1. The summed E-state index contributed by atoms with van der Waals surface area (Å²) in [6, 6.07) is 0. The molecule has 0 aromatic rings. The zero-order valence-electron chi connectivity index (χ0n) is 18.2. The maximum absolute atomic E-state index is 9.15. The minimum Gasteiger partial charge on any atom is -0.396 e. The van der Waals surface area contributed by atoms with Crippen molar-refractivity contribution in [3.05, 3.63) is 0 Å². The van der Waals surface area contributed by atoms with Gasteiger partial charge in [-0.15, -0.1) is 0 Å². The van der Waals surface area contributed by atoms with Crippen LogP contribution in [0.5, 0.6) is 0 Å². The fraction of sp³-hybridized carbons (Fsp3) is 1.00. The van der Waals surface area contributed by atoms with Crippen LogP contribution in [0, 0.1) is 0 Å². The summed E-state index contributed by atoms with van der Waals surface area (Å²) in [7, 11) is 0. The van der Waals surface area contributed by atoms with Gasteiger partial charge in [0, 0.05) is 13.2 Å². The molecule has 170 valence electrons. The summed E-state index contributed by atoms with van der Waals surface area (Å²) < 4.78 is 21.9. The minimum absolute atomic E-state index is 0.0328. The monoisotopic (exact) mass is 406 g/mol. The van der Waals surface area contributed by atoms with Crippen LogP contribution >= 0.6 is 0 Å². The fourth-order valence-corrected chi connectivity index (χ4v) is 2.93. The summed E-state index contributed by atoms with van der Waals surface area (Å²) in [5.41, 5.74) is 0. The molecule has 1 unspecified atom stereocenters. The number of unbranched alkanes of at least 4 members (excludes halogenated alkanes) is 9. The summed E-state index contributed by atoms with van der Waals surface area (Å²) in [5.74, 6) is 0. The van der Waals surface area contributed by atoms with Crippen LogP contribution in [0.4, 0.5) is 0 Å². The molecule has 0 aliphatic rings. The van der Waals surface area contributed by atoms with Crippen LogP contribution in [0.25, 0.3) is 0 Å². The van der Waals surface area contributed by atoms with Gasteiger partial charge >= 0.3 is 0 Å². The summed E-state index contributed by atoms with van der Waals surface area (Å²) in [6.07, 6.45) is 13.7. The normalized spacial score (nSPS) is 12.5. The topological polar surface area (TPSA) is 77.4 Å². The van der Waals surface area contributed by atoms with Crippen LogP contribution in [-0.2, 0) is 18.9 Å². The van der Waals surface area contributed by atoms with E-state index in [0.29, 0.717) is 46.1 Å². The van der Waals surface area contributed by atoms with Gasteiger partial charge in [-0.1, -0.05) is 64.7 Å². The molecule has 0 radical (unpaired) electrons. The number of rotatable bonds is 24. The lowest BCUT2D eigenvalue weighted by Gasteiger charge is -2.17. The van der Waals surface area contributed by atoms with Crippen molar-refractivity contribution in [1.29, 1.82) is 0 Å². The number of hydrogen-bond acceptors (Lipinski definition) is 6. The Kier molecular flexibility index (Phi) is 24.6. The number of aliphatic hydroxyl groups is 2. The molecule has 0 spiro atoms. The predicted octanol–water partition coefficient (Wildman–Crippen LogP) is 3.72. The van der Waals surface area contributed by atoms with E-state index >= 15 is 0 Å². The smallest absolute Gasteiger partial charge is 0.0831 e. The molecular formula is C22H46O6. The van der Waals surface area contributed by atoms with E-state index in [1.807, 2.05) is 0 Å². The third-order valence-corrected chi connectivity index (χ3v) is 4.59. The van der Waals surface area contributed by atoms with E-state index in [1.54, 1.807) is 0 Å². The van der Waals surface area contributed by atoms with Gasteiger partial charge in [-0.2, -0.15) is 0 Å². The summed E-state index contributed by atoms with van der Waals surface area (Å²) in [4.78, 5) is 0. The molecular weight excluding hydrogens is 360 g/mol. The quantitative estimate of drug-likeness (QED) is 0.238. The van der Waals surface area contributed by atoms with E-state index in [1.165, 1.54) is 57.8 Å². The van der Waals surface area contributed by atoms with Gasteiger partial charge in [0.15, 0.2) is 0 Å². The van der Waals surface area contributed by atoms with Crippen LogP contribution in [0.15, 0.2) is 0 Å². The average molecular weight is 407 g/mol. The van der Waals surface area contributed by atoms with Crippen LogP contribution in [0.1, 0.15) is 77.6 Å². The van der Waals surface area contributed by atoms with E-state index in [9.17, 15) is 0 Å². The lowest BCUT2D eigenvalue weighted by molar-refractivity contribution is -0.0521. The van der Waals surface area contributed by atoms with Crippen LogP contribution < -0.4 is 0 Å². The molecule has 0 saturated carbocycles. The Bertz CT molecular complexity index is 278. The Morgan fingerprint density at radius 3 is 1.75 bits per heavy atom. The standard InChI is InChI=1S/C22H46O6/c1-2-3-4-5-6-7-8-9-10-11-15-27-21-22(12-13-23)28-20-19-26-18-17-25-16-14-24/h22-24H,2-21H2,1H3. The lowest BCUT2D eigenvalue weighted by Crippen LogP contribution is -2.24. The first kappa shape index (κ1) is 27.8. The van der Waals surface area contributed by atoms with E-state index < -0.39 is 0 Å². The summed E-state index contributed by atoms with van der Waals surface area (Å²) in [5, 5.41) is 17.7. The first-order valence-electron chi connectivity index (χ1n) is 11.4. The highest BCUT2D eigenvalue weighted by atomic mass is 16.6. The highest BCUT2D eigenvalue weighted by Gasteiger charge is 2.08. The molecule has 0 aliphatic carbocycles. The minimum atomic E-state index is -0.0811. The molecule has 28 heavy (non-hydrogen) atoms. The molecule has 0 aromatic heterocycles. The van der Waals surface area contributed by atoms with Gasteiger partial charge in [0.2, 0.25) is 0 Å². The van der Waals surface area contributed by atoms with E-state index in [-0.39, 0.29) is 19.3 Å². The van der Waals surface area contributed by atoms with Crippen LogP contribution in [-0.4, -0.2) is 75.8 Å². The fourth-order valence-electron chi connectivity index (χ4n) is 2.93. The van der Waals surface area contributed by atoms with Crippen molar-refractivity contribution in [3.8, 4) is 0 Å². The predicted molar refractivity (Wildman–Crippen MR) is 113 cm³/mol. The molecule has 6 nitrogen and oxygen atoms in total. The Morgan fingerprint density at radius 2 is 1.14 bits per heavy atom. The highest BCUT2D eigenvalue weighted by Crippen LogP contribution is 2.10. The van der Waals surface area contributed by atoms with Gasteiger partial charge in [0.25, 0.3) is 0 Å². The third kappa shape index (κ3) is 22.1. The van der Waals surface area contributed by atoms with Crippen molar-refractivity contribution in [1.82, 2.24) is 0 Å². The Morgan fingerprint density at radius 1 is 0.571 bits per heavy atom. The largest absolute Gasteiger partial charge is 0.396 e. The van der Waals surface area contributed by atoms with Gasteiger partial charge in [0.1, 0.15) is 0 Å². The zero-order valence-corrected chi connectivity index (χ0v) is 18.2. The maximum Gasteiger partial charge on any atom is 0.0831 e. The Balaban J connectivity index is 3.39. The van der Waals surface area contributed by atoms with Crippen molar-refractivity contribution >= 4 is 0 Å². The van der Waals surface area contributed by atoms with E-state index in [4.69, 9.17) is 29.2 Å². The molecule has 0 bridgehead atoms. The first-order chi connectivity index (χ1) is 13.8. The van der Waals surface area contributed by atoms with Crippen LogP contribution in [0.2, 0.25) is 0 Å². The SMILES string of the molecule is CCCCCCCCCCCCOCC(CCO)OCCOCCOCCO. The summed E-state index contributed by atoms with van der Waals surface area (Å²) in [6.45, 7) is 5.95. The van der Waals surface area contributed by atoms with Gasteiger partial charge in [-0.3, -0.25) is 0 Å². The number of aliphatic hydroxyl groups excluding tert-OH is 2. The molecule has 0 fully saturated rings. The van der Waals surface area contributed by atoms with Gasteiger partial charge in [-0.25, -0.2) is 0 Å². The van der Waals surface area contributed by atoms with E-state index in [2.05, 4.69) is 6.92 Å². The van der Waals surface area contributed by atoms with Crippen molar-refractivity contribution in [2.24, 2.45) is 0 Å². The molecule has 0 rings (SSSR count). The third-order valence-electron chi connectivity index (χ3n) is 4.59. The molecule has 2 N–H and O–H groups in total. The Hall–Kier alpha value is -0.240. The van der Waals surface area contributed by atoms with Crippen molar-refractivity contribution in [2.75, 3.05) is 59.5 Å². The average Bonchev–Trinajstić information content (AvgIpc) is 2.70. The molecule has 0 saturated heterocycles. The highest BCUT2D eigenvalue weighted by molar-refractivity contribution is 4.56. The Labute approximate surface area is 172 Å². The van der Waals surface area contributed by atoms with Gasteiger partial charge in [-0.05, 0) is 12.8 Å². The first-order valence-corrected chi connectivity index (χ1v) is 11.4. The molecule has 6 heteroatoms. The van der Waals surface area contributed by atoms with Gasteiger partial charge in [0.05, 0.1) is 52.4 Å². The molecule has 0 aromatic carbocycles. The van der Waals surface area contributed by atoms with Crippen molar-refractivity contribution < 1.29 is 29.2 Å². The number of ether oxygens (including phenoxy) is 4. The maximum atomic E-state index is 9.15. The second-order valence-electron chi connectivity index (χ2n) is 7.21. The van der Waals surface area contributed by atoms with Crippen molar-refractivity contribution in [3.63, 3.8) is 0 Å². The van der Waals surface area contributed by atoms with E-state index in [0.717, 1.165) is 13.0 Å². The number of hydrogen-bond donors (Lipinski definition) is 2. The summed E-state index contributed by atoms with van der Waals surface area (Å²) >= 11 is 0. The zero-order chi connectivity index (χ0) is 20.5. The van der Waals surface area contributed by atoms with Crippen molar-refractivity contribution in [2.45, 2.75) is 83.7 Å². The molecule has 0 aliphatic heterocycles. The molecule has 1 atom stereocenters. The molecule has 0 amide bonds. The van der Waals surface area contributed by atoms with Crippen LogP contribution in [0.3, 0.4) is 0 Å².